The van der Waals surface area contributed by atoms with Crippen molar-refractivity contribution in [1.82, 2.24) is 0 Å². The third-order valence-corrected chi connectivity index (χ3v) is 2.17. The molecule has 1 aromatic carbocycles. The standard InChI is InChI=1S/C6H4Br2O.Li/c7-4-2-1-3-5(8)6(4)9;/h1-3,9H;/q;+1/p-1. The first-order chi connectivity index (χ1) is 4.22. The van der Waals surface area contributed by atoms with E-state index < -0.39 is 0 Å². The summed E-state index contributed by atoms with van der Waals surface area (Å²) in [5, 5.41) is 10.9. The fourth-order valence-corrected chi connectivity index (χ4v) is 1.48. The summed E-state index contributed by atoms with van der Waals surface area (Å²) in [5.74, 6) is -0.00231. The van der Waals surface area contributed by atoms with Gasteiger partial charge in [-0.25, -0.2) is 0 Å². The number of benzene rings is 1. The summed E-state index contributed by atoms with van der Waals surface area (Å²) >= 11 is 6.21. The fourth-order valence-electron chi connectivity index (χ4n) is 0.483. The fraction of sp³-hybridized carbons (Fsp3) is 0. The van der Waals surface area contributed by atoms with Crippen molar-refractivity contribution in [3.05, 3.63) is 27.1 Å². The molecular formula is C6H3Br2LiO. The van der Waals surface area contributed by atoms with Crippen molar-refractivity contribution in [2.75, 3.05) is 0 Å². The van der Waals surface area contributed by atoms with Gasteiger partial charge in [0, 0.05) is 8.95 Å². The topological polar surface area (TPSA) is 23.1 Å². The van der Waals surface area contributed by atoms with Crippen LogP contribution in [-0.4, -0.2) is 0 Å². The third kappa shape index (κ3) is 2.32. The summed E-state index contributed by atoms with van der Waals surface area (Å²) in [7, 11) is 0. The molecule has 0 aromatic heterocycles. The molecule has 0 atom stereocenters. The number of rotatable bonds is 0. The van der Waals surface area contributed by atoms with Crippen LogP contribution in [0.4, 0.5) is 0 Å². The summed E-state index contributed by atoms with van der Waals surface area (Å²) in [6, 6.07) is 5.23. The van der Waals surface area contributed by atoms with Crippen molar-refractivity contribution in [3.63, 3.8) is 0 Å². The van der Waals surface area contributed by atoms with Gasteiger partial charge in [-0.15, -0.1) is 0 Å². The number of halogens is 2. The zero-order valence-electron chi connectivity index (χ0n) is 5.40. The molecule has 0 radical (unpaired) electrons. The van der Waals surface area contributed by atoms with Gasteiger partial charge in [0.05, 0.1) is 0 Å². The average Bonchev–Trinajstić information content (AvgIpc) is 1.83. The zero-order chi connectivity index (χ0) is 6.85. The molecule has 0 N–H and O–H groups in total. The van der Waals surface area contributed by atoms with Crippen molar-refractivity contribution in [2.24, 2.45) is 0 Å². The first-order valence-electron chi connectivity index (χ1n) is 2.33. The predicted molar refractivity (Wildman–Crippen MR) is 41.3 cm³/mol. The monoisotopic (exact) mass is 256 g/mol. The van der Waals surface area contributed by atoms with Gasteiger partial charge in [-0.05, 0) is 12.1 Å². The summed E-state index contributed by atoms with van der Waals surface area (Å²) in [6.45, 7) is 0. The summed E-state index contributed by atoms with van der Waals surface area (Å²) in [4.78, 5) is 0. The molecule has 0 unspecified atom stereocenters. The first kappa shape index (κ1) is 10.6. The second-order valence-electron chi connectivity index (χ2n) is 1.55. The van der Waals surface area contributed by atoms with Crippen LogP contribution in [0.15, 0.2) is 27.1 Å². The molecule has 0 aliphatic heterocycles. The second-order valence-corrected chi connectivity index (χ2v) is 3.26. The molecule has 0 fully saturated rings. The smallest absolute Gasteiger partial charge is 0.871 e. The van der Waals surface area contributed by atoms with Crippen LogP contribution in [0, 0.1) is 0 Å². The van der Waals surface area contributed by atoms with Crippen molar-refractivity contribution < 1.29 is 24.0 Å². The van der Waals surface area contributed by atoms with E-state index in [1.807, 2.05) is 0 Å². The Balaban J connectivity index is 0.000000810. The van der Waals surface area contributed by atoms with Gasteiger partial charge in [-0.3, -0.25) is 0 Å². The van der Waals surface area contributed by atoms with E-state index in [1.54, 1.807) is 18.2 Å². The minimum Gasteiger partial charge on any atom is -0.871 e. The van der Waals surface area contributed by atoms with E-state index in [-0.39, 0.29) is 24.6 Å². The van der Waals surface area contributed by atoms with Crippen LogP contribution in [0.1, 0.15) is 0 Å². The number of hydrogen-bond acceptors (Lipinski definition) is 1. The number of para-hydroxylation sites is 1. The second kappa shape index (κ2) is 4.45. The molecule has 0 heterocycles. The maximum atomic E-state index is 10.9. The molecule has 1 nitrogen and oxygen atoms in total. The maximum absolute atomic E-state index is 10.9. The van der Waals surface area contributed by atoms with E-state index in [0.717, 1.165) is 0 Å². The Morgan fingerprint density at radius 1 is 1.10 bits per heavy atom. The molecule has 0 aliphatic carbocycles. The Hall–Kier alpha value is 0.577. The minimum atomic E-state index is -0.00231. The van der Waals surface area contributed by atoms with Crippen LogP contribution in [-0.2, 0) is 0 Å². The summed E-state index contributed by atoms with van der Waals surface area (Å²) in [5.41, 5.74) is 0. The molecule has 0 aliphatic rings. The molecule has 0 saturated carbocycles. The molecule has 0 amide bonds. The van der Waals surface area contributed by atoms with Gasteiger partial charge in [-0.1, -0.05) is 43.7 Å². The van der Waals surface area contributed by atoms with E-state index in [4.69, 9.17) is 0 Å². The SMILES string of the molecule is [Li+].[O-]c1c(Br)cccc1Br. The van der Waals surface area contributed by atoms with E-state index in [2.05, 4.69) is 31.9 Å². The minimum absolute atomic E-state index is 0. The van der Waals surface area contributed by atoms with E-state index >= 15 is 0 Å². The Bertz CT molecular complexity index is 207. The normalized spacial score (nSPS) is 8.60. The quantitative estimate of drug-likeness (QED) is 0.564. The van der Waals surface area contributed by atoms with Gasteiger partial charge >= 0.3 is 18.9 Å². The largest absolute Gasteiger partial charge is 1.00 e. The molecule has 4 heteroatoms. The molecule has 0 bridgehead atoms. The van der Waals surface area contributed by atoms with Gasteiger partial charge < -0.3 is 5.11 Å². The Morgan fingerprint density at radius 3 is 1.80 bits per heavy atom. The average molecular weight is 258 g/mol. The summed E-state index contributed by atoms with van der Waals surface area (Å²) < 4.78 is 1.19. The molecule has 10 heavy (non-hydrogen) atoms. The summed E-state index contributed by atoms with van der Waals surface area (Å²) in [6.07, 6.45) is 0. The van der Waals surface area contributed by atoms with Crippen molar-refractivity contribution in [2.45, 2.75) is 0 Å². The van der Waals surface area contributed by atoms with Crippen LogP contribution in [0.25, 0.3) is 0 Å². The van der Waals surface area contributed by atoms with Gasteiger partial charge in [-0.2, -0.15) is 0 Å². The van der Waals surface area contributed by atoms with E-state index in [9.17, 15) is 5.11 Å². The maximum Gasteiger partial charge on any atom is 1.00 e. The molecule has 48 valence electrons. The van der Waals surface area contributed by atoms with Crippen molar-refractivity contribution >= 4 is 31.9 Å². The number of hydrogen-bond donors (Lipinski definition) is 0. The molecule has 0 saturated heterocycles. The van der Waals surface area contributed by atoms with Crippen LogP contribution in [0.3, 0.4) is 0 Å². The van der Waals surface area contributed by atoms with Crippen molar-refractivity contribution in [3.8, 4) is 5.75 Å². The van der Waals surface area contributed by atoms with Crippen LogP contribution < -0.4 is 24.0 Å². The third-order valence-electron chi connectivity index (χ3n) is 0.919. The van der Waals surface area contributed by atoms with Gasteiger partial charge in [0.25, 0.3) is 0 Å². The van der Waals surface area contributed by atoms with E-state index in [1.165, 1.54) is 0 Å². The zero-order valence-corrected chi connectivity index (χ0v) is 8.57. The Morgan fingerprint density at radius 2 is 1.50 bits per heavy atom. The van der Waals surface area contributed by atoms with Crippen LogP contribution in [0.5, 0.6) is 5.75 Å². The predicted octanol–water partition coefficient (Wildman–Crippen LogP) is -0.711. The van der Waals surface area contributed by atoms with Crippen LogP contribution >= 0.6 is 31.9 Å². The molecule has 0 spiro atoms. The van der Waals surface area contributed by atoms with Crippen molar-refractivity contribution in [1.29, 1.82) is 0 Å². The Kier molecular flexibility index (Phi) is 4.71. The van der Waals surface area contributed by atoms with Crippen LogP contribution in [0.2, 0.25) is 0 Å². The molecule has 1 aromatic rings. The first-order valence-corrected chi connectivity index (χ1v) is 3.91. The van der Waals surface area contributed by atoms with E-state index in [0.29, 0.717) is 8.95 Å². The van der Waals surface area contributed by atoms with Gasteiger partial charge in [0.1, 0.15) is 0 Å². The van der Waals surface area contributed by atoms with Gasteiger partial charge in [0.2, 0.25) is 0 Å². The molecular weight excluding hydrogens is 255 g/mol. The van der Waals surface area contributed by atoms with Gasteiger partial charge in [0.15, 0.2) is 0 Å². The Labute approximate surface area is 88.3 Å². The molecule has 1 rings (SSSR count).